The summed E-state index contributed by atoms with van der Waals surface area (Å²) in [5.74, 6) is 0.953. The number of benzene rings is 1. The third-order valence-electron chi connectivity index (χ3n) is 2.94. The van der Waals surface area contributed by atoms with Gasteiger partial charge in [-0.2, -0.15) is 0 Å². The Morgan fingerprint density at radius 2 is 2.22 bits per heavy atom. The van der Waals surface area contributed by atoms with Crippen molar-refractivity contribution in [1.82, 2.24) is 9.55 Å². The third kappa shape index (κ3) is 2.71. The van der Waals surface area contributed by atoms with Gasteiger partial charge in [-0.1, -0.05) is 12.1 Å². The van der Waals surface area contributed by atoms with E-state index in [1.54, 1.807) is 0 Å². The monoisotopic (exact) mass is 244 g/mol. The molecule has 0 saturated heterocycles. The Balaban J connectivity index is 2.33. The summed E-state index contributed by atoms with van der Waals surface area (Å²) in [5, 5.41) is 0. The zero-order valence-electron chi connectivity index (χ0n) is 11.0. The molecule has 0 aliphatic heterocycles. The lowest BCUT2D eigenvalue weighted by Gasteiger charge is -2.24. The van der Waals surface area contributed by atoms with Gasteiger partial charge < -0.3 is 15.2 Å². The summed E-state index contributed by atoms with van der Waals surface area (Å²) in [6.07, 6.45) is 4.72. The summed E-state index contributed by atoms with van der Waals surface area (Å²) in [6, 6.07) is 8.45. The van der Waals surface area contributed by atoms with Crippen molar-refractivity contribution >= 4 is 11.6 Å². The second-order valence-electron chi connectivity index (χ2n) is 4.47. The molecule has 4 heteroatoms. The molecule has 2 N–H and O–H groups in total. The van der Waals surface area contributed by atoms with E-state index in [0.717, 1.165) is 24.6 Å². The van der Waals surface area contributed by atoms with Crippen LogP contribution in [-0.2, 0) is 7.05 Å². The highest BCUT2D eigenvalue weighted by Crippen LogP contribution is 2.24. The molecule has 0 bridgehead atoms. The van der Waals surface area contributed by atoms with Gasteiger partial charge in [0.25, 0.3) is 0 Å². The SMILES string of the molecule is Cc1cccc(N(CCCN)c2nccn2C)c1. The van der Waals surface area contributed by atoms with E-state index in [-0.39, 0.29) is 0 Å². The van der Waals surface area contributed by atoms with Gasteiger partial charge in [-0.3, -0.25) is 0 Å². The van der Waals surface area contributed by atoms with Gasteiger partial charge in [0.2, 0.25) is 5.95 Å². The number of nitrogens with two attached hydrogens (primary N) is 1. The number of anilines is 2. The Labute approximate surface area is 108 Å². The molecule has 0 saturated carbocycles. The molecule has 0 radical (unpaired) electrons. The zero-order valence-corrected chi connectivity index (χ0v) is 11.0. The number of hydrogen-bond donors (Lipinski definition) is 1. The summed E-state index contributed by atoms with van der Waals surface area (Å²) >= 11 is 0. The van der Waals surface area contributed by atoms with Gasteiger partial charge in [-0.05, 0) is 37.6 Å². The van der Waals surface area contributed by atoms with Crippen LogP contribution in [0.25, 0.3) is 0 Å². The molecule has 0 unspecified atom stereocenters. The smallest absolute Gasteiger partial charge is 0.209 e. The van der Waals surface area contributed by atoms with Gasteiger partial charge in [-0.25, -0.2) is 4.98 Å². The molecule has 4 nitrogen and oxygen atoms in total. The van der Waals surface area contributed by atoms with Crippen LogP contribution in [0.4, 0.5) is 11.6 Å². The van der Waals surface area contributed by atoms with E-state index in [1.165, 1.54) is 5.56 Å². The normalized spacial score (nSPS) is 10.6. The fourth-order valence-corrected chi connectivity index (χ4v) is 2.01. The molecular weight excluding hydrogens is 224 g/mol. The van der Waals surface area contributed by atoms with Crippen molar-refractivity contribution in [3.05, 3.63) is 42.2 Å². The summed E-state index contributed by atoms with van der Waals surface area (Å²) in [4.78, 5) is 6.63. The molecule has 1 aromatic heterocycles. The van der Waals surface area contributed by atoms with Crippen LogP contribution in [-0.4, -0.2) is 22.6 Å². The molecule has 0 spiro atoms. The van der Waals surface area contributed by atoms with Crippen LogP contribution in [0.3, 0.4) is 0 Å². The second kappa shape index (κ2) is 5.69. The summed E-state index contributed by atoms with van der Waals surface area (Å²) < 4.78 is 2.03. The average molecular weight is 244 g/mol. The van der Waals surface area contributed by atoms with E-state index in [0.29, 0.717) is 6.54 Å². The molecule has 0 fully saturated rings. The number of hydrogen-bond acceptors (Lipinski definition) is 3. The molecule has 0 aliphatic rings. The van der Waals surface area contributed by atoms with Gasteiger partial charge in [-0.15, -0.1) is 0 Å². The Morgan fingerprint density at radius 1 is 1.39 bits per heavy atom. The molecule has 1 heterocycles. The highest BCUT2D eigenvalue weighted by Gasteiger charge is 2.12. The minimum Gasteiger partial charge on any atom is -0.330 e. The number of aromatic nitrogens is 2. The van der Waals surface area contributed by atoms with Crippen LogP contribution in [0.15, 0.2) is 36.7 Å². The lowest BCUT2D eigenvalue weighted by Crippen LogP contribution is -2.23. The highest BCUT2D eigenvalue weighted by atomic mass is 15.3. The van der Waals surface area contributed by atoms with Crippen molar-refractivity contribution in [2.45, 2.75) is 13.3 Å². The first-order valence-corrected chi connectivity index (χ1v) is 6.24. The first-order valence-electron chi connectivity index (χ1n) is 6.24. The molecular formula is C14H20N4. The summed E-state index contributed by atoms with van der Waals surface area (Å²) in [7, 11) is 2.01. The van der Waals surface area contributed by atoms with Crippen molar-refractivity contribution < 1.29 is 0 Å². The second-order valence-corrected chi connectivity index (χ2v) is 4.47. The number of nitrogens with zero attached hydrogens (tertiary/aromatic N) is 3. The van der Waals surface area contributed by atoms with Crippen molar-refractivity contribution in [2.24, 2.45) is 12.8 Å². The van der Waals surface area contributed by atoms with Gasteiger partial charge in [0.15, 0.2) is 0 Å². The van der Waals surface area contributed by atoms with Gasteiger partial charge in [0.1, 0.15) is 0 Å². The van der Waals surface area contributed by atoms with Gasteiger partial charge in [0, 0.05) is 31.7 Å². The van der Waals surface area contributed by atoms with Crippen LogP contribution < -0.4 is 10.6 Å². The Hall–Kier alpha value is -1.81. The van der Waals surface area contributed by atoms with E-state index in [4.69, 9.17) is 5.73 Å². The van der Waals surface area contributed by atoms with Crippen molar-refractivity contribution in [3.8, 4) is 0 Å². The summed E-state index contributed by atoms with van der Waals surface area (Å²) in [5.41, 5.74) is 8.04. The molecule has 1 aromatic carbocycles. The van der Waals surface area contributed by atoms with Crippen LogP contribution in [0, 0.1) is 6.92 Å². The van der Waals surface area contributed by atoms with Crippen LogP contribution in [0.5, 0.6) is 0 Å². The highest BCUT2D eigenvalue weighted by molar-refractivity contribution is 5.58. The molecule has 2 aromatic rings. The number of aryl methyl sites for hydroxylation is 2. The van der Waals surface area contributed by atoms with Crippen LogP contribution >= 0.6 is 0 Å². The summed E-state index contributed by atoms with van der Waals surface area (Å²) in [6.45, 7) is 3.67. The lowest BCUT2D eigenvalue weighted by atomic mass is 10.2. The predicted octanol–water partition coefficient (Wildman–Crippen LogP) is 2.22. The van der Waals surface area contributed by atoms with Gasteiger partial charge in [0.05, 0.1) is 0 Å². The lowest BCUT2D eigenvalue weighted by molar-refractivity contribution is 0.775. The average Bonchev–Trinajstić information content (AvgIpc) is 2.77. The maximum absolute atomic E-state index is 5.62. The maximum Gasteiger partial charge on any atom is 0.209 e. The van der Waals surface area contributed by atoms with Crippen molar-refractivity contribution in [3.63, 3.8) is 0 Å². The van der Waals surface area contributed by atoms with E-state index in [9.17, 15) is 0 Å². The Morgan fingerprint density at radius 3 is 2.83 bits per heavy atom. The first kappa shape index (κ1) is 12.6. The van der Waals surface area contributed by atoms with Crippen molar-refractivity contribution in [2.75, 3.05) is 18.0 Å². The Bertz CT molecular complexity index is 504. The molecule has 0 amide bonds. The van der Waals surface area contributed by atoms with E-state index < -0.39 is 0 Å². The number of rotatable bonds is 5. The van der Waals surface area contributed by atoms with Gasteiger partial charge >= 0.3 is 0 Å². The molecule has 0 atom stereocenters. The quantitative estimate of drug-likeness (QED) is 0.877. The fraction of sp³-hybridized carbons (Fsp3) is 0.357. The minimum absolute atomic E-state index is 0.687. The first-order chi connectivity index (χ1) is 8.72. The number of imidazole rings is 1. The minimum atomic E-state index is 0.687. The molecule has 2 rings (SSSR count). The topological polar surface area (TPSA) is 47.1 Å². The fourth-order valence-electron chi connectivity index (χ4n) is 2.01. The van der Waals surface area contributed by atoms with Crippen LogP contribution in [0.1, 0.15) is 12.0 Å². The standard InChI is InChI=1S/C14H20N4/c1-12-5-3-6-13(11-12)18(9-4-7-15)14-16-8-10-17(14)2/h3,5-6,8,10-11H,4,7,9,15H2,1-2H3. The van der Waals surface area contributed by atoms with E-state index >= 15 is 0 Å². The Kier molecular flexibility index (Phi) is 3.99. The third-order valence-corrected chi connectivity index (χ3v) is 2.94. The van der Waals surface area contributed by atoms with Crippen molar-refractivity contribution in [1.29, 1.82) is 0 Å². The largest absolute Gasteiger partial charge is 0.330 e. The maximum atomic E-state index is 5.62. The molecule has 18 heavy (non-hydrogen) atoms. The predicted molar refractivity (Wildman–Crippen MR) is 75.1 cm³/mol. The molecule has 96 valence electrons. The zero-order chi connectivity index (χ0) is 13.0. The molecule has 0 aliphatic carbocycles. The van der Waals surface area contributed by atoms with E-state index in [2.05, 4.69) is 41.1 Å². The van der Waals surface area contributed by atoms with E-state index in [1.807, 2.05) is 24.0 Å². The van der Waals surface area contributed by atoms with Crippen LogP contribution in [0.2, 0.25) is 0 Å².